The minimum atomic E-state index is 0.0784. The van der Waals surface area contributed by atoms with Gasteiger partial charge in [0, 0.05) is 44.8 Å². The van der Waals surface area contributed by atoms with Gasteiger partial charge in [-0.25, -0.2) is 0 Å². The third-order valence-corrected chi connectivity index (χ3v) is 4.92. The summed E-state index contributed by atoms with van der Waals surface area (Å²) in [7, 11) is 2.05. The van der Waals surface area contributed by atoms with Crippen LogP contribution in [0, 0.1) is 5.92 Å². The Bertz CT molecular complexity index is 713. The van der Waals surface area contributed by atoms with Crippen LogP contribution in [0.3, 0.4) is 0 Å². The maximum Gasteiger partial charge on any atom is 0.260 e. The zero-order valence-electron chi connectivity index (χ0n) is 16.2. The van der Waals surface area contributed by atoms with E-state index in [0.29, 0.717) is 0 Å². The molecule has 0 unspecified atom stereocenters. The van der Waals surface area contributed by atoms with Crippen LogP contribution in [0.2, 0.25) is 0 Å². The van der Waals surface area contributed by atoms with Gasteiger partial charge in [0.2, 0.25) is 0 Å². The molecule has 2 heterocycles. The Balaban J connectivity index is 1.43. The van der Waals surface area contributed by atoms with Crippen molar-refractivity contribution in [2.75, 3.05) is 26.7 Å². The number of benzene rings is 1. The molecule has 0 N–H and O–H groups in total. The lowest BCUT2D eigenvalue weighted by molar-refractivity contribution is -0.134. The summed E-state index contributed by atoms with van der Waals surface area (Å²) in [6.07, 6.45) is 7.35. The third kappa shape index (κ3) is 6.03. The third-order valence-electron chi connectivity index (χ3n) is 4.92. The van der Waals surface area contributed by atoms with Gasteiger partial charge in [0.05, 0.1) is 5.69 Å². The van der Waals surface area contributed by atoms with Gasteiger partial charge in [-0.1, -0.05) is 19.1 Å². The molecule has 6 heteroatoms. The molecule has 1 saturated heterocycles. The van der Waals surface area contributed by atoms with Crippen molar-refractivity contribution in [3.05, 3.63) is 54.1 Å². The van der Waals surface area contributed by atoms with Crippen LogP contribution in [0.4, 0.5) is 0 Å². The van der Waals surface area contributed by atoms with Gasteiger partial charge in [-0.2, -0.15) is 0 Å². The van der Waals surface area contributed by atoms with Crippen molar-refractivity contribution in [1.82, 2.24) is 19.8 Å². The second-order valence-corrected chi connectivity index (χ2v) is 7.36. The molecule has 0 saturated carbocycles. The summed E-state index contributed by atoms with van der Waals surface area (Å²) in [4.78, 5) is 24.7. The SMILES string of the molecule is CC1CCN(C(=O)COc2ccc(CN(C)Cc3cnccn3)cc2)CC1. The van der Waals surface area contributed by atoms with Crippen LogP contribution < -0.4 is 4.74 Å². The van der Waals surface area contributed by atoms with Gasteiger partial charge in [0.1, 0.15) is 5.75 Å². The highest BCUT2D eigenvalue weighted by Gasteiger charge is 2.20. The van der Waals surface area contributed by atoms with E-state index in [9.17, 15) is 4.79 Å². The number of rotatable bonds is 7. The van der Waals surface area contributed by atoms with Crippen LogP contribution in [0.5, 0.6) is 5.75 Å². The number of likely N-dealkylation sites (tertiary alicyclic amines) is 1. The van der Waals surface area contributed by atoms with E-state index in [0.717, 1.165) is 56.4 Å². The van der Waals surface area contributed by atoms with Crippen LogP contribution in [0.25, 0.3) is 0 Å². The van der Waals surface area contributed by atoms with Crippen molar-refractivity contribution in [2.45, 2.75) is 32.9 Å². The molecule has 0 aliphatic carbocycles. The standard InChI is InChI=1S/C21H28N4O2/c1-17-7-11-25(12-8-17)21(26)16-27-20-5-3-18(4-6-20)14-24(2)15-19-13-22-9-10-23-19/h3-6,9-10,13,17H,7-8,11-12,14-16H2,1-2H3. The number of hydrogen-bond donors (Lipinski definition) is 0. The summed E-state index contributed by atoms with van der Waals surface area (Å²) < 4.78 is 5.68. The fraction of sp³-hybridized carbons (Fsp3) is 0.476. The Hall–Kier alpha value is -2.47. The number of carbonyl (C=O) groups excluding carboxylic acids is 1. The Morgan fingerprint density at radius 3 is 2.59 bits per heavy atom. The normalized spacial score (nSPS) is 15.1. The predicted molar refractivity (Wildman–Crippen MR) is 104 cm³/mol. The first kappa shape index (κ1) is 19.3. The monoisotopic (exact) mass is 368 g/mol. The second-order valence-electron chi connectivity index (χ2n) is 7.36. The molecular formula is C21H28N4O2. The lowest BCUT2D eigenvalue weighted by Gasteiger charge is -2.30. The van der Waals surface area contributed by atoms with E-state index in [4.69, 9.17) is 4.74 Å². The van der Waals surface area contributed by atoms with Gasteiger partial charge >= 0.3 is 0 Å². The first-order valence-corrected chi connectivity index (χ1v) is 9.53. The minimum absolute atomic E-state index is 0.0784. The van der Waals surface area contributed by atoms with Crippen molar-refractivity contribution in [3.8, 4) is 5.75 Å². The topological polar surface area (TPSA) is 58.6 Å². The minimum Gasteiger partial charge on any atom is -0.484 e. The molecule has 1 amide bonds. The van der Waals surface area contributed by atoms with Crippen molar-refractivity contribution >= 4 is 5.91 Å². The first-order chi connectivity index (χ1) is 13.1. The van der Waals surface area contributed by atoms with E-state index in [1.807, 2.05) is 29.2 Å². The molecule has 3 rings (SSSR count). The van der Waals surface area contributed by atoms with Crippen molar-refractivity contribution in [3.63, 3.8) is 0 Å². The molecule has 0 radical (unpaired) electrons. The molecule has 1 aromatic carbocycles. The van der Waals surface area contributed by atoms with E-state index < -0.39 is 0 Å². The number of ether oxygens (including phenoxy) is 1. The lowest BCUT2D eigenvalue weighted by Crippen LogP contribution is -2.40. The van der Waals surface area contributed by atoms with Crippen molar-refractivity contribution in [1.29, 1.82) is 0 Å². The molecule has 0 spiro atoms. The first-order valence-electron chi connectivity index (χ1n) is 9.53. The number of hydrogen-bond acceptors (Lipinski definition) is 5. The van der Waals surface area contributed by atoms with Crippen LogP contribution in [0.1, 0.15) is 31.0 Å². The van der Waals surface area contributed by atoms with Gasteiger partial charge in [-0.15, -0.1) is 0 Å². The molecule has 0 atom stereocenters. The average Bonchev–Trinajstić information content (AvgIpc) is 2.68. The quantitative estimate of drug-likeness (QED) is 0.752. The zero-order chi connectivity index (χ0) is 19.1. The largest absolute Gasteiger partial charge is 0.484 e. The Morgan fingerprint density at radius 1 is 1.19 bits per heavy atom. The number of carbonyl (C=O) groups is 1. The van der Waals surface area contributed by atoms with E-state index in [-0.39, 0.29) is 12.5 Å². The summed E-state index contributed by atoms with van der Waals surface area (Å²) in [5.74, 6) is 1.53. The van der Waals surface area contributed by atoms with Crippen LogP contribution >= 0.6 is 0 Å². The maximum atomic E-state index is 12.2. The Kier molecular flexibility index (Phi) is 6.76. The Morgan fingerprint density at radius 2 is 1.93 bits per heavy atom. The molecule has 6 nitrogen and oxygen atoms in total. The van der Waals surface area contributed by atoms with Gasteiger partial charge in [0.25, 0.3) is 5.91 Å². The lowest BCUT2D eigenvalue weighted by atomic mass is 9.99. The summed E-state index contributed by atoms with van der Waals surface area (Å²) in [6.45, 7) is 5.60. The molecule has 1 fully saturated rings. The van der Waals surface area contributed by atoms with E-state index in [1.54, 1.807) is 18.6 Å². The zero-order valence-corrected chi connectivity index (χ0v) is 16.2. The van der Waals surface area contributed by atoms with Gasteiger partial charge in [-0.3, -0.25) is 19.7 Å². The Labute approximate surface area is 161 Å². The number of nitrogens with zero attached hydrogens (tertiary/aromatic N) is 4. The number of aromatic nitrogens is 2. The second kappa shape index (κ2) is 9.46. The fourth-order valence-corrected chi connectivity index (χ4v) is 3.24. The summed E-state index contributed by atoms with van der Waals surface area (Å²) >= 11 is 0. The van der Waals surface area contributed by atoms with Crippen LogP contribution in [-0.2, 0) is 17.9 Å². The molecule has 1 aliphatic rings. The molecule has 1 aromatic heterocycles. The van der Waals surface area contributed by atoms with Gasteiger partial charge < -0.3 is 9.64 Å². The molecule has 0 bridgehead atoms. The van der Waals surface area contributed by atoms with Crippen molar-refractivity contribution < 1.29 is 9.53 Å². The van der Waals surface area contributed by atoms with Crippen LogP contribution in [-0.4, -0.2) is 52.4 Å². The van der Waals surface area contributed by atoms with E-state index in [2.05, 4.69) is 28.8 Å². The fourth-order valence-electron chi connectivity index (χ4n) is 3.24. The summed E-state index contributed by atoms with van der Waals surface area (Å²) in [6, 6.07) is 7.93. The van der Waals surface area contributed by atoms with Crippen molar-refractivity contribution in [2.24, 2.45) is 5.92 Å². The maximum absolute atomic E-state index is 12.2. The van der Waals surface area contributed by atoms with Gasteiger partial charge in [-0.05, 0) is 43.5 Å². The number of piperidine rings is 1. The number of amides is 1. The van der Waals surface area contributed by atoms with E-state index in [1.165, 1.54) is 5.56 Å². The molecule has 1 aliphatic heterocycles. The molecular weight excluding hydrogens is 340 g/mol. The average molecular weight is 368 g/mol. The predicted octanol–water partition coefficient (Wildman–Crippen LogP) is 2.75. The smallest absolute Gasteiger partial charge is 0.260 e. The highest BCUT2D eigenvalue weighted by atomic mass is 16.5. The van der Waals surface area contributed by atoms with E-state index >= 15 is 0 Å². The molecule has 144 valence electrons. The molecule has 27 heavy (non-hydrogen) atoms. The molecule has 2 aromatic rings. The van der Waals surface area contributed by atoms with Crippen LogP contribution in [0.15, 0.2) is 42.9 Å². The highest BCUT2D eigenvalue weighted by molar-refractivity contribution is 5.77. The summed E-state index contributed by atoms with van der Waals surface area (Å²) in [5, 5.41) is 0. The summed E-state index contributed by atoms with van der Waals surface area (Å²) in [5.41, 5.74) is 2.13. The highest BCUT2D eigenvalue weighted by Crippen LogP contribution is 2.17. The van der Waals surface area contributed by atoms with Gasteiger partial charge in [0.15, 0.2) is 6.61 Å².